The van der Waals surface area contributed by atoms with Crippen LogP contribution in [0.4, 0.5) is 5.69 Å². The Labute approximate surface area is 170 Å². The van der Waals surface area contributed by atoms with Crippen molar-refractivity contribution in [1.82, 2.24) is 4.90 Å². The van der Waals surface area contributed by atoms with Gasteiger partial charge in [0.1, 0.15) is 18.9 Å². The largest absolute Gasteiger partial charge is 0.486 e. The SMILES string of the molecule is Cc1ccc(C2=C(Nc3ccc4c(c3)OCCO4)C(=O)N(CC(C)C)C2=O)cc1. The fourth-order valence-electron chi connectivity index (χ4n) is 3.48. The Balaban J connectivity index is 1.74. The summed E-state index contributed by atoms with van der Waals surface area (Å²) in [7, 11) is 0. The zero-order valence-electron chi connectivity index (χ0n) is 16.8. The maximum atomic E-state index is 13.1. The van der Waals surface area contributed by atoms with E-state index in [1.54, 1.807) is 12.1 Å². The van der Waals surface area contributed by atoms with Crippen molar-refractivity contribution in [3.8, 4) is 11.5 Å². The van der Waals surface area contributed by atoms with Crippen LogP contribution in [0.15, 0.2) is 48.2 Å². The Hall–Kier alpha value is -3.28. The first kappa shape index (κ1) is 19.1. The van der Waals surface area contributed by atoms with Gasteiger partial charge >= 0.3 is 0 Å². The van der Waals surface area contributed by atoms with Gasteiger partial charge in [-0.05, 0) is 30.5 Å². The summed E-state index contributed by atoms with van der Waals surface area (Å²) in [5, 5.41) is 3.17. The molecule has 0 atom stereocenters. The molecule has 0 unspecified atom stereocenters. The number of aryl methyl sites for hydroxylation is 1. The molecule has 150 valence electrons. The Morgan fingerprint density at radius 2 is 1.66 bits per heavy atom. The van der Waals surface area contributed by atoms with Crippen molar-refractivity contribution in [1.29, 1.82) is 0 Å². The molecule has 6 nitrogen and oxygen atoms in total. The standard InChI is InChI=1S/C23H24N2O4/c1-14(2)13-25-22(26)20(16-6-4-15(3)5-7-16)21(23(25)27)24-17-8-9-18-19(12-17)29-11-10-28-18/h4-9,12,14,24H,10-11,13H2,1-3H3. The molecule has 0 saturated carbocycles. The minimum atomic E-state index is -0.311. The molecule has 0 spiro atoms. The van der Waals surface area contributed by atoms with Crippen LogP contribution >= 0.6 is 0 Å². The van der Waals surface area contributed by atoms with E-state index in [4.69, 9.17) is 9.47 Å². The minimum absolute atomic E-state index is 0.177. The molecule has 2 aromatic carbocycles. The molecule has 2 aliphatic heterocycles. The number of hydrogen-bond acceptors (Lipinski definition) is 5. The molecule has 2 heterocycles. The second-order valence-corrected chi connectivity index (χ2v) is 7.71. The maximum absolute atomic E-state index is 13.1. The summed E-state index contributed by atoms with van der Waals surface area (Å²) in [4.78, 5) is 27.6. The van der Waals surface area contributed by atoms with Crippen LogP contribution in [0.2, 0.25) is 0 Å². The number of carbonyl (C=O) groups excluding carboxylic acids is 2. The summed E-state index contributed by atoms with van der Waals surface area (Å²) in [6.07, 6.45) is 0. The second-order valence-electron chi connectivity index (χ2n) is 7.71. The van der Waals surface area contributed by atoms with Crippen LogP contribution < -0.4 is 14.8 Å². The topological polar surface area (TPSA) is 67.9 Å². The maximum Gasteiger partial charge on any atom is 0.278 e. The van der Waals surface area contributed by atoms with Crippen molar-refractivity contribution in [3.05, 3.63) is 59.3 Å². The summed E-state index contributed by atoms with van der Waals surface area (Å²) < 4.78 is 11.2. The van der Waals surface area contributed by atoms with E-state index in [-0.39, 0.29) is 23.4 Å². The van der Waals surface area contributed by atoms with Gasteiger partial charge in [0.25, 0.3) is 11.8 Å². The summed E-state index contributed by atoms with van der Waals surface area (Å²) in [5.41, 5.74) is 3.16. The molecule has 1 N–H and O–H groups in total. The average molecular weight is 392 g/mol. The highest BCUT2D eigenvalue weighted by Gasteiger charge is 2.39. The van der Waals surface area contributed by atoms with E-state index in [1.165, 1.54) is 4.90 Å². The van der Waals surface area contributed by atoms with Crippen LogP contribution in [0.25, 0.3) is 5.57 Å². The zero-order valence-corrected chi connectivity index (χ0v) is 16.8. The Kier molecular flexibility index (Phi) is 5.01. The highest BCUT2D eigenvalue weighted by atomic mass is 16.6. The molecule has 0 bridgehead atoms. The second kappa shape index (κ2) is 7.62. The van der Waals surface area contributed by atoms with Gasteiger partial charge in [-0.25, -0.2) is 0 Å². The summed E-state index contributed by atoms with van der Waals surface area (Å²) in [5.74, 6) is 0.886. The van der Waals surface area contributed by atoms with Crippen LogP contribution in [0.3, 0.4) is 0 Å². The van der Waals surface area contributed by atoms with Gasteiger partial charge in [0.2, 0.25) is 0 Å². The van der Waals surface area contributed by atoms with Gasteiger partial charge < -0.3 is 14.8 Å². The van der Waals surface area contributed by atoms with Gasteiger partial charge in [0.05, 0.1) is 5.57 Å². The first-order chi connectivity index (χ1) is 13.9. The molecule has 29 heavy (non-hydrogen) atoms. The number of imide groups is 1. The quantitative estimate of drug-likeness (QED) is 0.788. The van der Waals surface area contributed by atoms with E-state index in [2.05, 4.69) is 5.32 Å². The molecule has 4 rings (SSSR count). The summed E-state index contributed by atoms with van der Waals surface area (Å²) >= 11 is 0. The molecular formula is C23H24N2O4. The number of anilines is 1. The molecule has 6 heteroatoms. The number of rotatable bonds is 5. The van der Waals surface area contributed by atoms with Gasteiger partial charge in [0.15, 0.2) is 11.5 Å². The number of nitrogens with one attached hydrogen (secondary N) is 1. The zero-order chi connectivity index (χ0) is 20.5. The van der Waals surface area contributed by atoms with Gasteiger partial charge in [-0.1, -0.05) is 43.7 Å². The van der Waals surface area contributed by atoms with Crippen molar-refractivity contribution in [2.24, 2.45) is 5.92 Å². The van der Waals surface area contributed by atoms with Crippen LogP contribution in [0.5, 0.6) is 11.5 Å². The predicted octanol–water partition coefficient (Wildman–Crippen LogP) is 3.61. The van der Waals surface area contributed by atoms with E-state index in [0.717, 1.165) is 11.1 Å². The van der Waals surface area contributed by atoms with Crippen LogP contribution in [-0.2, 0) is 9.59 Å². The third-order valence-electron chi connectivity index (χ3n) is 4.87. The lowest BCUT2D eigenvalue weighted by Gasteiger charge is -2.19. The molecule has 0 saturated heterocycles. The fourth-order valence-corrected chi connectivity index (χ4v) is 3.48. The van der Waals surface area contributed by atoms with Gasteiger partial charge in [0, 0.05) is 18.3 Å². The van der Waals surface area contributed by atoms with Crippen molar-refractivity contribution < 1.29 is 19.1 Å². The van der Waals surface area contributed by atoms with Gasteiger partial charge in [-0.2, -0.15) is 0 Å². The number of amides is 2. The van der Waals surface area contributed by atoms with Crippen LogP contribution in [-0.4, -0.2) is 36.5 Å². The average Bonchev–Trinajstić information content (AvgIpc) is 2.93. The summed E-state index contributed by atoms with van der Waals surface area (Å²) in [6, 6.07) is 13.0. The van der Waals surface area contributed by atoms with E-state index in [9.17, 15) is 9.59 Å². The van der Waals surface area contributed by atoms with Crippen molar-refractivity contribution >= 4 is 23.1 Å². The van der Waals surface area contributed by atoms with E-state index in [1.807, 2.05) is 51.1 Å². The Bertz CT molecular complexity index is 992. The number of fused-ring (bicyclic) bond motifs is 1. The van der Waals surface area contributed by atoms with Crippen LogP contribution in [0, 0.1) is 12.8 Å². The van der Waals surface area contributed by atoms with Crippen molar-refractivity contribution in [3.63, 3.8) is 0 Å². The molecule has 0 aliphatic carbocycles. The number of benzene rings is 2. The molecule has 0 fully saturated rings. The molecule has 0 radical (unpaired) electrons. The molecular weight excluding hydrogens is 368 g/mol. The first-order valence-corrected chi connectivity index (χ1v) is 9.78. The number of nitrogens with zero attached hydrogens (tertiary/aromatic N) is 1. The fraction of sp³-hybridized carbons (Fsp3) is 0.304. The lowest BCUT2D eigenvalue weighted by atomic mass is 10.0. The smallest absolute Gasteiger partial charge is 0.278 e. The number of carbonyl (C=O) groups is 2. The Morgan fingerprint density at radius 3 is 2.34 bits per heavy atom. The molecule has 2 aromatic rings. The van der Waals surface area contributed by atoms with Gasteiger partial charge in [-0.15, -0.1) is 0 Å². The summed E-state index contributed by atoms with van der Waals surface area (Å²) in [6.45, 7) is 7.32. The first-order valence-electron chi connectivity index (χ1n) is 9.78. The van der Waals surface area contributed by atoms with Crippen molar-refractivity contribution in [2.45, 2.75) is 20.8 Å². The monoisotopic (exact) mass is 392 g/mol. The van der Waals surface area contributed by atoms with E-state index < -0.39 is 0 Å². The minimum Gasteiger partial charge on any atom is -0.486 e. The Morgan fingerprint density at radius 1 is 0.966 bits per heavy atom. The number of ether oxygens (including phenoxy) is 2. The highest BCUT2D eigenvalue weighted by Crippen LogP contribution is 2.35. The van der Waals surface area contributed by atoms with Crippen LogP contribution in [0.1, 0.15) is 25.0 Å². The third kappa shape index (κ3) is 3.70. The predicted molar refractivity (Wildman–Crippen MR) is 111 cm³/mol. The lowest BCUT2D eigenvalue weighted by molar-refractivity contribution is -0.137. The molecule has 2 amide bonds. The van der Waals surface area contributed by atoms with E-state index in [0.29, 0.717) is 42.5 Å². The van der Waals surface area contributed by atoms with Gasteiger partial charge in [-0.3, -0.25) is 14.5 Å². The normalized spacial score (nSPS) is 16.1. The highest BCUT2D eigenvalue weighted by molar-refractivity contribution is 6.36. The molecule has 2 aliphatic rings. The van der Waals surface area contributed by atoms with E-state index >= 15 is 0 Å². The van der Waals surface area contributed by atoms with Crippen molar-refractivity contribution in [2.75, 3.05) is 25.1 Å². The number of hydrogen-bond donors (Lipinski definition) is 1. The molecule has 0 aromatic heterocycles. The lowest BCUT2D eigenvalue weighted by Crippen LogP contribution is -2.35. The third-order valence-corrected chi connectivity index (χ3v) is 4.87.